The van der Waals surface area contributed by atoms with Gasteiger partial charge in [-0.15, -0.1) is 5.10 Å². The average molecular weight is 438 g/mol. The summed E-state index contributed by atoms with van der Waals surface area (Å²) in [6.07, 6.45) is 0.835. The number of aromatic amines is 1. The van der Waals surface area contributed by atoms with Crippen molar-refractivity contribution in [3.05, 3.63) is 45.9 Å². The van der Waals surface area contributed by atoms with Gasteiger partial charge < -0.3 is 14.2 Å². The minimum Gasteiger partial charge on any atom is -0.496 e. The number of halogens is 2. The van der Waals surface area contributed by atoms with E-state index < -0.39 is 0 Å². The van der Waals surface area contributed by atoms with E-state index in [-0.39, 0.29) is 0 Å². The normalized spacial score (nSPS) is 13.2. The highest BCUT2D eigenvalue weighted by atomic mass is 35.5. The first-order valence-electron chi connectivity index (χ1n) is 8.61. The van der Waals surface area contributed by atoms with Crippen molar-refractivity contribution in [1.29, 1.82) is 0 Å². The van der Waals surface area contributed by atoms with Crippen LogP contribution in [0, 0.1) is 0 Å². The van der Waals surface area contributed by atoms with E-state index in [0.717, 1.165) is 17.5 Å². The lowest BCUT2D eigenvalue weighted by atomic mass is 10.2. The number of thioether (sulfide) groups is 1. The van der Waals surface area contributed by atoms with Crippen molar-refractivity contribution in [3.8, 4) is 28.6 Å². The van der Waals surface area contributed by atoms with Gasteiger partial charge in [0, 0.05) is 17.2 Å². The molecular formula is C19H17Cl2N3O3S. The number of benzene rings is 2. The van der Waals surface area contributed by atoms with Crippen LogP contribution in [0.15, 0.2) is 35.5 Å². The Kier molecular flexibility index (Phi) is 5.85. The van der Waals surface area contributed by atoms with Gasteiger partial charge >= 0.3 is 0 Å². The fraction of sp³-hybridized carbons (Fsp3) is 0.263. The monoisotopic (exact) mass is 437 g/mol. The molecule has 0 spiro atoms. The van der Waals surface area contributed by atoms with E-state index in [1.165, 1.54) is 11.8 Å². The fourth-order valence-corrected chi connectivity index (χ4v) is 4.00. The molecule has 1 N–H and O–H groups in total. The second kappa shape index (κ2) is 8.51. The molecule has 0 saturated carbocycles. The number of methoxy groups -OCH3 is 1. The minimum atomic E-state index is 0.550. The molecule has 2 aromatic carbocycles. The Morgan fingerprint density at radius 3 is 2.89 bits per heavy atom. The van der Waals surface area contributed by atoms with Gasteiger partial charge in [0.2, 0.25) is 5.16 Å². The summed E-state index contributed by atoms with van der Waals surface area (Å²) < 4.78 is 16.8. The quantitative estimate of drug-likeness (QED) is 0.550. The second-order valence-electron chi connectivity index (χ2n) is 6.06. The number of nitrogens with one attached hydrogen (secondary N) is 1. The zero-order chi connectivity index (χ0) is 19.5. The van der Waals surface area contributed by atoms with Crippen LogP contribution in [0.25, 0.3) is 11.4 Å². The maximum Gasteiger partial charge on any atom is 0.209 e. The van der Waals surface area contributed by atoms with Gasteiger partial charge in [0.25, 0.3) is 0 Å². The van der Waals surface area contributed by atoms with Gasteiger partial charge in [-0.3, -0.25) is 5.10 Å². The van der Waals surface area contributed by atoms with Crippen LogP contribution >= 0.6 is 35.0 Å². The number of hydrogen-bond donors (Lipinski definition) is 1. The Hall–Kier alpha value is -2.09. The highest BCUT2D eigenvalue weighted by Crippen LogP contribution is 2.39. The molecule has 0 atom stereocenters. The summed E-state index contributed by atoms with van der Waals surface area (Å²) in [6, 6.07) is 9.19. The number of fused-ring (bicyclic) bond motifs is 1. The predicted molar refractivity (Wildman–Crippen MR) is 110 cm³/mol. The van der Waals surface area contributed by atoms with Crippen molar-refractivity contribution in [1.82, 2.24) is 15.2 Å². The van der Waals surface area contributed by atoms with E-state index in [4.69, 9.17) is 37.4 Å². The molecule has 0 saturated heterocycles. The van der Waals surface area contributed by atoms with Crippen LogP contribution in [-0.2, 0) is 5.75 Å². The number of aromatic nitrogens is 3. The molecule has 1 aliphatic rings. The van der Waals surface area contributed by atoms with Gasteiger partial charge in [-0.1, -0.05) is 35.0 Å². The summed E-state index contributed by atoms with van der Waals surface area (Å²) in [5.41, 5.74) is 1.76. The van der Waals surface area contributed by atoms with Crippen LogP contribution in [0.5, 0.6) is 17.2 Å². The molecule has 146 valence electrons. The van der Waals surface area contributed by atoms with Crippen molar-refractivity contribution in [2.75, 3.05) is 20.3 Å². The molecule has 1 aliphatic heterocycles. The summed E-state index contributed by atoms with van der Waals surface area (Å²) in [5.74, 6) is 3.20. The molecule has 9 heteroatoms. The maximum absolute atomic E-state index is 6.36. The Labute approximate surface area is 176 Å². The molecule has 0 aliphatic carbocycles. The van der Waals surface area contributed by atoms with E-state index in [1.54, 1.807) is 25.3 Å². The van der Waals surface area contributed by atoms with E-state index >= 15 is 0 Å². The average Bonchev–Trinajstić information content (AvgIpc) is 3.03. The number of rotatable bonds is 5. The van der Waals surface area contributed by atoms with Crippen molar-refractivity contribution < 1.29 is 14.2 Å². The first-order chi connectivity index (χ1) is 13.6. The van der Waals surface area contributed by atoms with Gasteiger partial charge in [-0.25, -0.2) is 4.98 Å². The molecule has 6 nitrogen and oxygen atoms in total. The van der Waals surface area contributed by atoms with Crippen molar-refractivity contribution in [2.45, 2.75) is 17.3 Å². The number of H-pyrrole nitrogens is 1. The molecule has 0 fully saturated rings. The van der Waals surface area contributed by atoms with Gasteiger partial charge in [-0.2, -0.15) is 0 Å². The van der Waals surface area contributed by atoms with E-state index in [9.17, 15) is 0 Å². The van der Waals surface area contributed by atoms with E-state index in [2.05, 4.69) is 15.2 Å². The van der Waals surface area contributed by atoms with Crippen LogP contribution in [0.4, 0.5) is 0 Å². The fourth-order valence-electron chi connectivity index (χ4n) is 2.81. The number of nitrogens with zero attached hydrogens (tertiary/aromatic N) is 2. The zero-order valence-electron chi connectivity index (χ0n) is 15.0. The third-order valence-corrected chi connectivity index (χ3v) is 5.55. The molecule has 0 bridgehead atoms. The Balaban J connectivity index is 1.51. The van der Waals surface area contributed by atoms with Crippen LogP contribution in [-0.4, -0.2) is 35.5 Å². The summed E-state index contributed by atoms with van der Waals surface area (Å²) in [7, 11) is 1.60. The number of ether oxygens (including phenoxy) is 3. The lowest BCUT2D eigenvalue weighted by molar-refractivity contribution is 0.297. The standard InChI is InChI=1S/C19H17Cl2N3O3S/c1-25-15-4-3-12(20)9-13(15)18-22-19(24-23-18)28-10-11-7-14(21)17-16(8-11)26-5-2-6-27-17/h3-4,7-9H,2,5-6,10H2,1H3,(H,22,23,24). The zero-order valence-corrected chi connectivity index (χ0v) is 17.3. The van der Waals surface area contributed by atoms with Gasteiger partial charge in [-0.05, 0) is 35.9 Å². The number of hydrogen-bond acceptors (Lipinski definition) is 6. The summed E-state index contributed by atoms with van der Waals surface area (Å²) in [5, 5.41) is 8.98. The van der Waals surface area contributed by atoms with Crippen molar-refractivity contribution in [2.24, 2.45) is 0 Å². The lowest BCUT2D eigenvalue weighted by Crippen LogP contribution is -1.97. The Morgan fingerprint density at radius 1 is 1.18 bits per heavy atom. The molecule has 2 heterocycles. The van der Waals surface area contributed by atoms with Crippen LogP contribution in [0.3, 0.4) is 0 Å². The Bertz CT molecular complexity index is 997. The largest absolute Gasteiger partial charge is 0.496 e. The third kappa shape index (κ3) is 4.16. The van der Waals surface area contributed by atoms with Crippen LogP contribution < -0.4 is 14.2 Å². The summed E-state index contributed by atoms with van der Waals surface area (Å²) in [6.45, 7) is 1.22. The molecular weight excluding hydrogens is 421 g/mol. The summed E-state index contributed by atoms with van der Waals surface area (Å²) >= 11 is 13.9. The first kappa shape index (κ1) is 19.2. The molecule has 28 heavy (non-hydrogen) atoms. The Morgan fingerprint density at radius 2 is 2.04 bits per heavy atom. The van der Waals surface area contributed by atoms with Crippen molar-refractivity contribution in [3.63, 3.8) is 0 Å². The van der Waals surface area contributed by atoms with E-state index in [1.807, 2.05) is 12.1 Å². The molecule has 0 radical (unpaired) electrons. The molecule has 0 amide bonds. The highest BCUT2D eigenvalue weighted by Gasteiger charge is 2.17. The predicted octanol–water partition coefficient (Wildman–Crippen LogP) is 5.24. The molecule has 4 rings (SSSR count). The van der Waals surface area contributed by atoms with Crippen molar-refractivity contribution >= 4 is 35.0 Å². The smallest absolute Gasteiger partial charge is 0.209 e. The van der Waals surface area contributed by atoms with Crippen LogP contribution in [0.1, 0.15) is 12.0 Å². The lowest BCUT2D eigenvalue weighted by Gasteiger charge is -2.11. The molecule has 3 aromatic rings. The second-order valence-corrected chi connectivity index (χ2v) is 7.84. The van der Waals surface area contributed by atoms with E-state index in [0.29, 0.717) is 57.2 Å². The molecule has 1 aromatic heterocycles. The summed E-state index contributed by atoms with van der Waals surface area (Å²) in [4.78, 5) is 4.54. The minimum absolute atomic E-state index is 0.550. The van der Waals surface area contributed by atoms with Gasteiger partial charge in [0.1, 0.15) is 5.75 Å². The first-order valence-corrected chi connectivity index (χ1v) is 10.4. The SMILES string of the molecule is COc1ccc(Cl)cc1-c1nc(SCc2cc(Cl)c3c(c2)OCCCO3)n[nH]1. The van der Waals surface area contributed by atoms with Crippen LogP contribution in [0.2, 0.25) is 10.0 Å². The highest BCUT2D eigenvalue weighted by molar-refractivity contribution is 7.98. The third-order valence-electron chi connectivity index (χ3n) is 4.11. The van der Waals surface area contributed by atoms with Gasteiger partial charge in [0.05, 0.1) is 30.9 Å². The topological polar surface area (TPSA) is 69.3 Å². The molecule has 0 unspecified atom stereocenters. The maximum atomic E-state index is 6.36. The van der Waals surface area contributed by atoms with Gasteiger partial charge in [0.15, 0.2) is 17.3 Å².